The molecule has 0 aromatic heterocycles. The second kappa shape index (κ2) is 6.58. The summed E-state index contributed by atoms with van der Waals surface area (Å²) >= 11 is 0. The lowest BCUT2D eigenvalue weighted by Gasteiger charge is -2.56. The zero-order chi connectivity index (χ0) is 14.9. The Balaban J connectivity index is 1.64. The van der Waals surface area contributed by atoms with Crippen molar-refractivity contribution < 1.29 is 4.74 Å². The number of hydrogen-bond donors (Lipinski definition) is 1. The van der Waals surface area contributed by atoms with Crippen LogP contribution in [0.1, 0.15) is 78.6 Å². The molecule has 0 aliphatic heterocycles. The van der Waals surface area contributed by atoms with E-state index in [1.54, 1.807) is 0 Å². The fraction of sp³-hybridized carbons (Fsp3) is 1.00. The number of ether oxygens (including phenoxy) is 1. The topological polar surface area (TPSA) is 21.3 Å². The largest absolute Gasteiger partial charge is 0.378 e. The first-order valence-electron chi connectivity index (χ1n) is 9.55. The summed E-state index contributed by atoms with van der Waals surface area (Å²) in [6.07, 6.45) is 13.1. The molecule has 21 heavy (non-hydrogen) atoms. The van der Waals surface area contributed by atoms with Crippen LogP contribution in [0.3, 0.4) is 0 Å². The average molecular weight is 293 g/mol. The van der Waals surface area contributed by atoms with E-state index in [0.29, 0.717) is 11.5 Å². The molecule has 0 amide bonds. The van der Waals surface area contributed by atoms with Crippen LogP contribution >= 0.6 is 0 Å². The highest BCUT2D eigenvalue weighted by Crippen LogP contribution is 2.55. The van der Waals surface area contributed by atoms with Crippen molar-refractivity contribution in [1.82, 2.24) is 5.32 Å². The maximum absolute atomic E-state index is 6.07. The summed E-state index contributed by atoms with van der Waals surface area (Å²) in [5.74, 6) is 1.72. The Kier molecular flexibility index (Phi) is 4.95. The molecule has 3 aliphatic carbocycles. The SMILES string of the molecule is CCOC1CC(NC2CCCCC2C(C)C)C12CCCC2. The van der Waals surface area contributed by atoms with Gasteiger partial charge in [0.25, 0.3) is 0 Å². The van der Waals surface area contributed by atoms with E-state index in [0.717, 1.165) is 30.5 Å². The lowest BCUT2D eigenvalue weighted by atomic mass is 9.60. The Bertz CT molecular complexity index is 334. The minimum Gasteiger partial charge on any atom is -0.378 e. The van der Waals surface area contributed by atoms with Gasteiger partial charge in [-0.1, -0.05) is 39.5 Å². The van der Waals surface area contributed by atoms with E-state index in [2.05, 4.69) is 26.1 Å². The molecular weight excluding hydrogens is 258 g/mol. The van der Waals surface area contributed by atoms with Gasteiger partial charge in [0.1, 0.15) is 0 Å². The van der Waals surface area contributed by atoms with Gasteiger partial charge in [0.2, 0.25) is 0 Å². The lowest BCUT2D eigenvalue weighted by Crippen LogP contribution is -2.65. The summed E-state index contributed by atoms with van der Waals surface area (Å²) in [7, 11) is 0. The van der Waals surface area contributed by atoms with Crippen LogP contribution in [0.15, 0.2) is 0 Å². The monoisotopic (exact) mass is 293 g/mol. The van der Waals surface area contributed by atoms with E-state index >= 15 is 0 Å². The van der Waals surface area contributed by atoms with Gasteiger partial charge in [-0.25, -0.2) is 0 Å². The van der Waals surface area contributed by atoms with Gasteiger partial charge in [-0.2, -0.15) is 0 Å². The molecule has 2 heteroatoms. The van der Waals surface area contributed by atoms with Crippen LogP contribution < -0.4 is 5.32 Å². The van der Waals surface area contributed by atoms with Crippen molar-refractivity contribution in [2.75, 3.05) is 6.61 Å². The molecule has 3 fully saturated rings. The number of rotatable bonds is 5. The summed E-state index contributed by atoms with van der Waals surface area (Å²) in [4.78, 5) is 0. The van der Waals surface area contributed by atoms with E-state index < -0.39 is 0 Å². The van der Waals surface area contributed by atoms with Gasteiger partial charge in [-0.3, -0.25) is 0 Å². The van der Waals surface area contributed by atoms with E-state index in [4.69, 9.17) is 4.74 Å². The molecule has 3 saturated carbocycles. The Labute approximate surface area is 131 Å². The predicted molar refractivity (Wildman–Crippen MR) is 88.4 cm³/mol. The van der Waals surface area contributed by atoms with E-state index in [-0.39, 0.29) is 0 Å². The van der Waals surface area contributed by atoms with Crippen LogP contribution in [0.2, 0.25) is 0 Å². The van der Waals surface area contributed by atoms with Crippen LogP contribution in [-0.2, 0) is 4.74 Å². The normalized spacial score (nSPS) is 38.9. The second-order valence-electron chi connectivity index (χ2n) is 8.14. The number of hydrogen-bond acceptors (Lipinski definition) is 2. The zero-order valence-electron chi connectivity index (χ0n) is 14.4. The van der Waals surface area contributed by atoms with Crippen molar-refractivity contribution >= 4 is 0 Å². The summed E-state index contributed by atoms with van der Waals surface area (Å²) in [6.45, 7) is 7.87. The van der Waals surface area contributed by atoms with Crippen molar-refractivity contribution in [2.24, 2.45) is 17.3 Å². The molecule has 122 valence electrons. The average Bonchev–Trinajstić information content (AvgIpc) is 2.99. The molecule has 4 atom stereocenters. The van der Waals surface area contributed by atoms with Crippen LogP contribution in [0.4, 0.5) is 0 Å². The quantitative estimate of drug-likeness (QED) is 0.804. The van der Waals surface area contributed by atoms with Crippen molar-refractivity contribution in [3.63, 3.8) is 0 Å². The Morgan fingerprint density at radius 2 is 1.81 bits per heavy atom. The summed E-state index contributed by atoms with van der Waals surface area (Å²) in [5.41, 5.74) is 0.495. The van der Waals surface area contributed by atoms with E-state index in [1.165, 1.54) is 57.8 Å². The molecule has 0 aromatic carbocycles. The minimum atomic E-state index is 0.495. The van der Waals surface area contributed by atoms with Crippen LogP contribution in [0, 0.1) is 17.3 Å². The van der Waals surface area contributed by atoms with Crippen molar-refractivity contribution in [2.45, 2.75) is 96.7 Å². The van der Waals surface area contributed by atoms with E-state index in [1.807, 2.05) is 0 Å². The first kappa shape index (κ1) is 15.8. The van der Waals surface area contributed by atoms with Gasteiger partial charge in [0.05, 0.1) is 6.10 Å². The van der Waals surface area contributed by atoms with Gasteiger partial charge in [0.15, 0.2) is 0 Å². The minimum absolute atomic E-state index is 0.495. The fourth-order valence-electron chi connectivity index (χ4n) is 5.54. The lowest BCUT2D eigenvalue weighted by molar-refractivity contribution is -0.135. The third-order valence-corrected chi connectivity index (χ3v) is 6.78. The molecule has 1 spiro atoms. The maximum atomic E-state index is 6.07. The molecule has 0 saturated heterocycles. The van der Waals surface area contributed by atoms with Gasteiger partial charge < -0.3 is 10.1 Å². The maximum Gasteiger partial charge on any atom is 0.0661 e. The highest BCUT2D eigenvalue weighted by Gasteiger charge is 2.57. The van der Waals surface area contributed by atoms with Crippen LogP contribution in [0.25, 0.3) is 0 Å². The summed E-state index contributed by atoms with van der Waals surface area (Å²) < 4.78 is 6.07. The molecule has 3 rings (SSSR count). The Morgan fingerprint density at radius 1 is 1.10 bits per heavy atom. The molecule has 1 N–H and O–H groups in total. The smallest absolute Gasteiger partial charge is 0.0661 e. The highest BCUT2D eigenvalue weighted by atomic mass is 16.5. The fourth-order valence-corrected chi connectivity index (χ4v) is 5.54. The van der Waals surface area contributed by atoms with Crippen LogP contribution in [0.5, 0.6) is 0 Å². The number of nitrogens with one attached hydrogen (secondary N) is 1. The highest BCUT2D eigenvalue weighted by molar-refractivity contribution is 5.11. The molecule has 0 aromatic rings. The molecule has 2 nitrogen and oxygen atoms in total. The van der Waals surface area contributed by atoms with Gasteiger partial charge in [-0.05, 0) is 50.9 Å². The second-order valence-corrected chi connectivity index (χ2v) is 8.14. The predicted octanol–water partition coefficient (Wildman–Crippen LogP) is 4.53. The summed E-state index contributed by atoms with van der Waals surface area (Å²) in [6, 6.07) is 1.50. The van der Waals surface area contributed by atoms with Crippen molar-refractivity contribution in [3.05, 3.63) is 0 Å². The Morgan fingerprint density at radius 3 is 2.48 bits per heavy atom. The molecule has 0 heterocycles. The standard InChI is InChI=1S/C19H35NO/c1-4-21-18-13-17(19(18)11-7-8-12-19)20-16-10-6-5-9-15(16)14(2)3/h14-18,20H,4-13H2,1-3H3. The third kappa shape index (κ3) is 2.91. The molecule has 0 radical (unpaired) electrons. The summed E-state index contributed by atoms with van der Waals surface area (Å²) in [5, 5.41) is 4.13. The first-order valence-corrected chi connectivity index (χ1v) is 9.55. The van der Waals surface area contributed by atoms with Crippen molar-refractivity contribution in [1.29, 1.82) is 0 Å². The van der Waals surface area contributed by atoms with Crippen LogP contribution in [-0.4, -0.2) is 24.8 Å². The van der Waals surface area contributed by atoms with E-state index in [9.17, 15) is 0 Å². The molecule has 4 unspecified atom stereocenters. The van der Waals surface area contributed by atoms with Crippen molar-refractivity contribution in [3.8, 4) is 0 Å². The molecule has 0 bridgehead atoms. The molecule has 3 aliphatic rings. The zero-order valence-corrected chi connectivity index (χ0v) is 14.4. The van der Waals surface area contributed by atoms with Gasteiger partial charge in [0, 0.05) is 24.1 Å². The molecular formula is C19H35NO. The third-order valence-electron chi connectivity index (χ3n) is 6.78. The Hall–Kier alpha value is -0.0800. The van der Waals surface area contributed by atoms with Gasteiger partial charge >= 0.3 is 0 Å². The van der Waals surface area contributed by atoms with Gasteiger partial charge in [-0.15, -0.1) is 0 Å². The first-order chi connectivity index (χ1) is 10.2.